The molecule has 2 nitrogen and oxygen atoms in total. The van der Waals surface area contributed by atoms with Gasteiger partial charge >= 0.3 is 0 Å². The first-order valence-corrected chi connectivity index (χ1v) is 3.82. The minimum Gasteiger partial charge on any atom is -0.283 e. The van der Waals surface area contributed by atoms with E-state index in [4.69, 9.17) is 16.6 Å². The van der Waals surface area contributed by atoms with E-state index in [0.29, 0.717) is 6.10 Å². The maximum absolute atomic E-state index is 5.16. The minimum atomic E-state index is 0.358. The van der Waals surface area contributed by atoms with E-state index in [2.05, 4.69) is 5.00 Å². The van der Waals surface area contributed by atoms with Crippen molar-refractivity contribution < 1.29 is 4.84 Å². The Balaban J connectivity index is 2.08. The van der Waals surface area contributed by atoms with E-state index in [1.807, 2.05) is 0 Å². The highest BCUT2D eigenvalue weighted by Gasteiger charge is 2.12. The second-order valence-electron chi connectivity index (χ2n) is 2.46. The molecule has 1 aliphatic rings. The lowest BCUT2D eigenvalue weighted by Gasteiger charge is -2.19. The third-order valence-corrected chi connectivity index (χ3v) is 1.85. The minimum absolute atomic E-state index is 0.358. The smallest absolute Gasteiger partial charge is 0.0805 e. The van der Waals surface area contributed by atoms with Crippen molar-refractivity contribution in [2.75, 3.05) is 0 Å². The predicted octanol–water partition coefficient (Wildman–Crippen LogP) is 1.99. The van der Waals surface area contributed by atoms with Crippen LogP contribution in [0.1, 0.15) is 32.1 Å². The van der Waals surface area contributed by atoms with Crippen molar-refractivity contribution in [1.29, 1.82) is 0 Å². The van der Waals surface area contributed by atoms with Crippen LogP contribution in [0.4, 0.5) is 0 Å². The van der Waals surface area contributed by atoms with Gasteiger partial charge in [-0.1, -0.05) is 19.3 Å². The van der Waals surface area contributed by atoms with Crippen LogP contribution in [-0.2, 0) is 4.84 Å². The Morgan fingerprint density at radius 1 is 1.22 bits per heavy atom. The number of hydrogen-bond donors (Lipinski definition) is 1. The van der Waals surface area contributed by atoms with Gasteiger partial charge in [-0.15, -0.1) is 5.00 Å². The van der Waals surface area contributed by atoms with Gasteiger partial charge in [0.25, 0.3) is 0 Å². The van der Waals surface area contributed by atoms with Crippen LogP contribution in [0.15, 0.2) is 0 Å². The van der Waals surface area contributed by atoms with E-state index in [-0.39, 0.29) is 0 Å². The van der Waals surface area contributed by atoms with Gasteiger partial charge < -0.3 is 0 Å². The number of rotatable bonds is 2. The molecule has 1 aliphatic carbocycles. The number of halogens is 1. The van der Waals surface area contributed by atoms with Crippen molar-refractivity contribution in [3.63, 3.8) is 0 Å². The molecule has 0 saturated heterocycles. The monoisotopic (exact) mass is 149 g/mol. The Hall–Kier alpha value is 0.210. The predicted molar refractivity (Wildman–Crippen MR) is 36.9 cm³/mol. The Labute approximate surface area is 60.6 Å². The van der Waals surface area contributed by atoms with Crippen LogP contribution in [0.5, 0.6) is 0 Å². The highest BCUT2D eigenvalue weighted by molar-refractivity contribution is 6.12. The first-order valence-electron chi connectivity index (χ1n) is 3.45. The standard InChI is InChI=1S/C6H12ClNO/c7-8-9-6-4-2-1-3-5-6/h6,8H,1-5H2. The summed E-state index contributed by atoms with van der Waals surface area (Å²) < 4.78 is 0. The van der Waals surface area contributed by atoms with E-state index in [1.165, 1.54) is 19.3 Å². The largest absolute Gasteiger partial charge is 0.283 e. The van der Waals surface area contributed by atoms with Crippen LogP contribution >= 0.6 is 11.8 Å². The fourth-order valence-electron chi connectivity index (χ4n) is 1.25. The van der Waals surface area contributed by atoms with Gasteiger partial charge in [-0.3, -0.25) is 4.84 Å². The molecule has 0 aromatic carbocycles. The Morgan fingerprint density at radius 3 is 2.44 bits per heavy atom. The van der Waals surface area contributed by atoms with E-state index >= 15 is 0 Å². The third kappa shape index (κ3) is 2.52. The molecule has 0 bridgehead atoms. The zero-order chi connectivity index (χ0) is 6.53. The Morgan fingerprint density at radius 2 is 1.89 bits per heavy atom. The molecule has 1 N–H and O–H groups in total. The lowest BCUT2D eigenvalue weighted by molar-refractivity contribution is -0.00295. The Bertz CT molecular complexity index is 70.7. The molecule has 3 heteroatoms. The van der Waals surface area contributed by atoms with Crippen LogP contribution in [0.2, 0.25) is 0 Å². The molecule has 0 spiro atoms. The molecular formula is C6H12ClNO. The zero-order valence-electron chi connectivity index (χ0n) is 5.40. The summed E-state index contributed by atoms with van der Waals surface area (Å²) in [4.78, 5) is 7.21. The van der Waals surface area contributed by atoms with Crippen LogP contribution in [0.3, 0.4) is 0 Å². The van der Waals surface area contributed by atoms with Crippen molar-refractivity contribution in [3.8, 4) is 0 Å². The molecule has 0 aliphatic heterocycles. The first kappa shape index (κ1) is 7.32. The molecule has 0 atom stereocenters. The molecule has 1 saturated carbocycles. The summed E-state index contributed by atoms with van der Waals surface area (Å²) in [5, 5.41) is 0. The van der Waals surface area contributed by atoms with Gasteiger partial charge in [-0.2, -0.15) is 0 Å². The lowest BCUT2D eigenvalue weighted by atomic mass is 9.98. The topological polar surface area (TPSA) is 21.3 Å². The molecule has 0 aromatic rings. The van der Waals surface area contributed by atoms with Crippen molar-refractivity contribution in [3.05, 3.63) is 0 Å². The molecule has 0 heterocycles. The summed E-state index contributed by atoms with van der Waals surface area (Å²) in [6.07, 6.45) is 6.57. The number of nitrogens with one attached hydrogen (secondary N) is 1. The van der Waals surface area contributed by atoms with Gasteiger partial charge in [-0.05, 0) is 12.8 Å². The lowest BCUT2D eigenvalue weighted by Crippen LogP contribution is -2.20. The van der Waals surface area contributed by atoms with Crippen LogP contribution < -0.4 is 5.00 Å². The average molecular weight is 150 g/mol. The normalized spacial score (nSPS) is 22.3. The molecule has 0 amide bonds. The SMILES string of the molecule is ClNOC1CCCCC1. The van der Waals surface area contributed by atoms with E-state index in [0.717, 1.165) is 12.8 Å². The van der Waals surface area contributed by atoms with Gasteiger partial charge in [0.15, 0.2) is 0 Å². The fraction of sp³-hybridized carbons (Fsp3) is 1.00. The first-order chi connectivity index (χ1) is 4.43. The average Bonchev–Trinajstić information content (AvgIpc) is 1.91. The second-order valence-corrected chi connectivity index (χ2v) is 2.61. The maximum atomic E-state index is 5.16. The molecular weight excluding hydrogens is 138 g/mol. The van der Waals surface area contributed by atoms with Crippen molar-refractivity contribution in [1.82, 2.24) is 5.00 Å². The third-order valence-electron chi connectivity index (χ3n) is 1.76. The molecule has 0 radical (unpaired) electrons. The fourth-order valence-corrected chi connectivity index (χ4v) is 1.37. The van der Waals surface area contributed by atoms with E-state index in [9.17, 15) is 0 Å². The van der Waals surface area contributed by atoms with Gasteiger partial charge in [0.1, 0.15) is 0 Å². The maximum Gasteiger partial charge on any atom is 0.0805 e. The van der Waals surface area contributed by atoms with E-state index in [1.54, 1.807) is 0 Å². The van der Waals surface area contributed by atoms with Crippen LogP contribution in [0, 0.1) is 0 Å². The molecule has 0 aromatic heterocycles. The molecule has 1 rings (SSSR count). The quantitative estimate of drug-likeness (QED) is 0.479. The Kier molecular flexibility index (Phi) is 3.33. The van der Waals surface area contributed by atoms with Gasteiger partial charge in [-0.25, -0.2) is 0 Å². The summed E-state index contributed by atoms with van der Waals surface area (Å²) in [6.45, 7) is 0. The molecule has 1 fully saturated rings. The molecule has 54 valence electrons. The highest BCUT2D eigenvalue weighted by Crippen LogP contribution is 2.19. The second kappa shape index (κ2) is 4.09. The van der Waals surface area contributed by atoms with Crippen molar-refractivity contribution in [2.45, 2.75) is 38.2 Å². The van der Waals surface area contributed by atoms with Gasteiger partial charge in [0.05, 0.1) is 6.10 Å². The van der Waals surface area contributed by atoms with E-state index < -0.39 is 0 Å². The van der Waals surface area contributed by atoms with Crippen LogP contribution in [0.25, 0.3) is 0 Å². The summed E-state index contributed by atoms with van der Waals surface area (Å²) in [5.41, 5.74) is 0. The molecule has 0 unspecified atom stereocenters. The van der Waals surface area contributed by atoms with Crippen molar-refractivity contribution in [2.24, 2.45) is 0 Å². The molecule has 9 heavy (non-hydrogen) atoms. The van der Waals surface area contributed by atoms with Crippen molar-refractivity contribution >= 4 is 11.8 Å². The number of hydrogen-bond acceptors (Lipinski definition) is 2. The van der Waals surface area contributed by atoms with Crippen LogP contribution in [-0.4, -0.2) is 6.10 Å². The summed E-state index contributed by atoms with van der Waals surface area (Å²) in [6, 6.07) is 0. The summed E-state index contributed by atoms with van der Waals surface area (Å²) in [5.74, 6) is 0. The van der Waals surface area contributed by atoms with Gasteiger partial charge in [0.2, 0.25) is 0 Å². The zero-order valence-corrected chi connectivity index (χ0v) is 6.16. The summed E-state index contributed by atoms with van der Waals surface area (Å²) >= 11 is 5.16. The summed E-state index contributed by atoms with van der Waals surface area (Å²) in [7, 11) is 0. The van der Waals surface area contributed by atoms with Gasteiger partial charge in [0, 0.05) is 11.8 Å². The highest BCUT2D eigenvalue weighted by atomic mass is 35.5.